The van der Waals surface area contributed by atoms with Gasteiger partial charge in [0.2, 0.25) is 11.8 Å². The Labute approximate surface area is 113 Å². The Morgan fingerprint density at radius 3 is 2.95 bits per heavy atom. The van der Waals surface area contributed by atoms with Gasteiger partial charge in [-0.05, 0) is 31.2 Å². The molecule has 0 unspecified atom stereocenters. The van der Waals surface area contributed by atoms with Gasteiger partial charge in [-0.25, -0.2) is 4.98 Å². The third kappa shape index (κ3) is 3.25. The van der Waals surface area contributed by atoms with E-state index in [-0.39, 0.29) is 6.10 Å². The van der Waals surface area contributed by atoms with Crippen LogP contribution in [0, 0.1) is 12.8 Å². The number of hydrogen-bond donors (Lipinski definition) is 0. The third-order valence-corrected chi connectivity index (χ3v) is 3.83. The van der Waals surface area contributed by atoms with Crippen LogP contribution in [0.25, 0.3) is 0 Å². The van der Waals surface area contributed by atoms with Crippen molar-refractivity contribution < 1.29 is 9.53 Å². The molecule has 2 aliphatic rings. The monoisotopic (exact) mass is 260 g/mol. The van der Waals surface area contributed by atoms with Gasteiger partial charge in [-0.3, -0.25) is 4.79 Å². The smallest absolute Gasteiger partial charge is 0.222 e. The van der Waals surface area contributed by atoms with E-state index in [0.717, 1.165) is 24.9 Å². The number of carbonyl (C=O) groups excluding carboxylic acids is 1. The van der Waals surface area contributed by atoms with Gasteiger partial charge in [0, 0.05) is 31.6 Å². The Balaban J connectivity index is 1.50. The van der Waals surface area contributed by atoms with Crippen LogP contribution in [0.5, 0.6) is 5.88 Å². The molecule has 1 aromatic rings. The van der Waals surface area contributed by atoms with Crippen LogP contribution in [-0.2, 0) is 4.79 Å². The fourth-order valence-corrected chi connectivity index (χ4v) is 2.44. The molecule has 0 spiro atoms. The number of likely N-dealkylation sites (tertiary alicyclic amines) is 1. The van der Waals surface area contributed by atoms with E-state index >= 15 is 0 Å². The molecule has 1 saturated carbocycles. The first-order valence-electron chi connectivity index (χ1n) is 7.08. The van der Waals surface area contributed by atoms with Gasteiger partial charge in [-0.2, -0.15) is 0 Å². The van der Waals surface area contributed by atoms with Gasteiger partial charge in [0.25, 0.3) is 0 Å². The van der Waals surface area contributed by atoms with E-state index in [0.29, 0.717) is 24.2 Å². The van der Waals surface area contributed by atoms with Crippen LogP contribution >= 0.6 is 0 Å². The SMILES string of the molecule is Cc1ccc(O[C@H]2CCN(C(=O)CC3CC3)C2)nc1. The zero-order chi connectivity index (χ0) is 13.2. The topological polar surface area (TPSA) is 42.4 Å². The van der Waals surface area contributed by atoms with Crippen molar-refractivity contribution >= 4 is 5.91 Å². The minimum Gasteiger partial charge on any atom is -0.472 e. The van der Waals surface area contributed by atoms with E-state index in [1.54, 1.807) is 6.20 Å². The Morgan fingerprint density at radius 2 is 2.26 bits per heavy atom. The predicted octanol–water partition coefficient (Wildman–Crippen LogP) is 2.17. The number of pyridine rings is 1. The zero-order valence-electron chi connectivity index (χ0n) is 11.3. The first-order valence-corrected chi connectivity index (χ1v) is 7.08. The van der Waals surface area contributed by atoms with Crippen LogP contribution in [0.3, 0.4) is 0 Å². The van der Waals surface area contributed by atoms with Crippen molar-refractivity contribution in [3.05, 3.63) is 23.9 Å². The number of ether oxygens (including phenoxy) is 1. The Hall–Kier alpha value is -1.58. The molecule has 0 bridgehead atoms. The highest BCUT2D eigenvalue weighted by atomic mass is 16.5. The normalized spacial score (nSPS) is 22.6. The molecule has 2 fully saturated rings. The number of amides is 1. The molecule has 1 aromatic heterocycles. The lowest BCUT2D eigenvalue weighted by molar-refractivity contribution is -0.130. The molecular formula is C15H20N2O2. The lowest BCUT2D eigenvalue weighted by Crippen LogP contribution is -2.31. The van der Waals surface area contributed by atoms with Crippen LogP contribution in [0.15, 0.2) is 18.3 Å². The molecule has 0 aromatic carbocycles. The molecule has 1 amide bonds. The first kappa shape index (κ1) is 12.5. The van der Waals surface area contributed by atoms with Crippen molar-refractivity contribution in [3.8, 4) is 5.88 Å². The number of carbonyl (C=O) groups is 1. The molecule has 102 valence electrons. The second-order valence-corrected chi connectivity index (χ2v) is 5.69. The van der Waals surface area contributed by atoms with E-state index < -0.39 is 0 Å². The minimum absolute atomic E-state index is 0.0957. The first-order chi connectivity index (χ1) is 9.20. The van der Waals surface area contributed by atoms with Crippen molar-refractivity contribution in [2.45, 2.75) is 38.7 Å². The highest BCUT2D eigenvalue weighted by molar-refractivity contribution is 5.77. The van der Waals surface area contributed by atoms with Gasteiger partial charge >= 0.3 is 0 Å². The summed E-state index contributed by atoms with van der Waals surface area (Å²) in [7, 11) is 0. The van der Waals surface area contributed by atoms with Crippen molar-refractivity contribution in [2.75, 3.05) is 13.1 Å². The summed E-state index contributed by atoms with van der Waals surface area (Å²) in [4.78, 5) is 18.2. The lowest BCUT2D eigenvalue weighted by Gasteiger charge is -2.16. The van der Waals surface area contributed by atoms with Gasteiger partial charge < -0.3 is 9.64 Å². The maximum atomic E-state index is 12.0. The summed E-state index contributed by atoms with van der Waals surface area (Å²) >= 11 is 0. The second kappa shape index (κ2) is 5.19. The summed E-state index contributed by atoms with van der Waals surface area (Å²) in [6, 6.07) is 3.89. The molecule has 4 heteroatoms. The number of aromatic nitrogens is 1. The average molecular weight is 260 g/mol. The standard InChI is InChI=1S/C15H20N2O2/c1-11-2-5-14(16-9-11)19-13-6-7-17(10-13)15(18)8-12-3-4-12/h2,5,9,12-13H,3-4,6-8,10H2,1H3/t13-/m0/s1. The number of hydrogen-bond acceptors (Lipinski definition) is 3. The molecule has 1 aliphatic carbocycles. The fourth-order valence-electron chi connectivity index (χ4n) is 2.44. The third-order valence-electron chi connectivity index (χ3n) is 3.83. The van der Waals surface area contributed by atoms with E-state index in [1.165, 1.54) is 12.8 Å². The molecule has 19 heavy (non-hydrogen) atoms. The molecule has 3 rings (SSSR count). The maximum Gasteiger partial charge on any atom is 0.222 e. The molecule has 1 saturated heterocycles. The summed E-state index contributed by atoms with van der Waals surface area (Å²) in [5.41, 5.74) is 1.13. The van der Waals surface area contributed by atoms with Crippen LogP contribution in [0.1, 0.15) is 31.2 Å². The average Bonchev–Trinajstić information content (AvgIpc) is 3.08. The minimum atomic E-state index is 0.0957. The maximum absolute atomic E-state index is 12.0. The Bertz CT molecular complexity index is 454. The summed E-state index contributed by atoms with van der Waals surface area (Å²) in [5.74, 6) is 1.61. The number of nitrogens with zero attached hydrogens (tertiary/aromatic N) is 2. The molecule has 0 radical (unpaired) electrons. The van der Waals surface area contributed by atoms with E-state index in [1.807, 2.05) is 24.0 Å². The molecule has 2 heterocycles. The van der Waals surface area contributed by atoms with Crippen LogP contribution in [0.2, 0.25) is 0 Å². The summed E-state index contributed by atoms with van der Waals surface area (Å²) in [6.07, 6.45) is 6.00. The van der Waals surface area contributed by atoms with Crippen LogP contribution in [-0.4, -0.2) is 35.0 Å². The second-order valence-electron chi connectivity index (χ2n) is 5.69. The van der Waals surface area contributed by atoms with Crippen LogP contribution < -0.4 is 4.74 Å². The largest absolute Gasteiger partial charge is 0.472 e. The Morgan fingerprint density at radius 1 is 1.42 bits per heavy atom. The van der Waals surface area contributed by atoms with Gasteiger partial charge in [-0.1, -0.05) is 6.07 Å². The molecule has 1 aliphatic heterocycles. The quantitative estimate of drug-likeness (QED) is 0.833. The van der Waals surface area contributed by atoms with E-state index in [2.05, 4.69) is 4.98 Å². The zero-order valence-corrected chi connectivity index (χ0v) is 11.3. The Kier molecular flexibility index (Phi) is 3.40. The highest BCUT2D eigenvalue weighted by Gasteiger charge is 2.31. The molecule has 0 N–H and O–H groups in total. The van der Waals surface area contributed by atoms with Crippen molar-refractivity contribution in [2.24, 2.45) is 5.92 Å². The van der Waals surface area contributed by atoms with Gasteiger partial charge in [0.15, 0.2) is 0 Å². The van der Waals surface area contributed by atoms with Crippen LogP contribution in [0.4, 0.5) is 0 Å². The highest BCUT2D eigenvalue weighted by Crippen LogP contribution is 2.33. The summed E-state index contributed by atoms with van der Waals surface area (Å²) < 4.78 is 5.83. The van der Waals surface area contributed by atoms with Gasteiger partial charge in [0.1, 0.15) is 6.10 Å². The van der Waals surface area contributed by atoms with Crippen molar-refractivity contribution in [1.82, 2.24) is 9.88 Å². The van der Waals surface area contributed by atoms with E-state index in [4.69, 9.17) is 4.74 Å². The van der Waals surface area contributed by atoms with Gasteiger partial charge in [0.05, 0.1) is 6.54 Å². The van der Waals surface area contributed by atoms with Gasteiger partial charge in [-0.15, -0.1) is 0 Å². The predicted molar refractivity (Wildman–Crippen MR) is 71.9 cm³/mol. The number of rotatable bonds is 4. The molecule has 4 nitrogen and oxygen atoms in total. The number of aryl methyl sites for hydroxylation is 1. The lowest BCUT2D eigenvalue weighted by atomic mass is 10.2. The van der Waals surface area contributed by atoms with Crippen molar-refractivity contribution in [3.63, 3.8) is 0 Å². The summed E-state index contributed by atoms with van der Waals surface area (Å²) in [5, 5.41) is 0. The summed E-state index contributed by atoms with van der Waals surface area (Å²) in [6.45, 7) is 3.54. The molecule has 1 atom stereocenters. The fraction of sp³-hybridized carbons (Fsp3) is 0.600. The van der Waals surface area contributed by atoms with Crippen molar-refractivity contribution in [1.29, 1.82) is 0 Å². The molecular weight excluding hydrogens is 240 g/mol. The van der Waals surface area contributed by atoms with E-state index in [9.17, 15) is 4.79 Å².